The van der Waals surface area contributed by atoms with Gasteiger partial charge in [0, 0.05) is 20.2 Å². The summed E-state index contributed by atoms with van der Waals surface area (Å²) >= 11 is 0. The Morgan fingerprint density at radius 2 is 1.72 bits per heavy atom. The van der Waals surface area contributed by atoms with E-state index in [9.17, 15) is 13.2 Å². The number of carbonyl (C=O) groups is 1. The van der Waals surface area contributed by atoms with Crippen molar-refractivity contribution in [3.8, 4) is 0 Å². The van der Waals surface area contributed by atoms with Gasteiger partial charge in [0.05, 0.1) is 18.1 Å². The van der Waals surface area contributed by atoms with E-state index in [-0.39, 0.29) is 35.9 Å². The van der Waals surface area contributed by atoms with Crippen molar-refractivity contribution in [1.82, 2.24) is 10.0 Å². The molecule has 0 fully saturated rings. The van der Waals surface area contributed by atoms with Gasteiger partial charge in [0.2, 0.25) is 15.9 Å². The first-order chi connectivity index (χ1) is 11.7. The fourth-order valence-electron chi connectivity index (χ4n) is 1.96. The largest absolute Gasteiger partial charge is 0.382 e. The highest BCUT2D eigenvalue weighted by atomic mass is 32.2. The maximum atomic E-state index is 12.2. The molecule has 0 aliphatic carbocycles. The van der Waals surface area contributed by atoms with Crippen molar-refractivity contribution in [2.24, 2.45) is 0 Å². The van der Waals surface area contributed by atoms with Gasteiger partial charge in [-0.15, -0.1) is 0 Å². The normalized spacial score (nSPS) is 12.2. The second-order valence-electron chi connectivity index (χ2n) is 6.57. The lowest BCUT2D eigenvalue weighted by Crippen LogP contribution is -2.36. The van der Waals surface area contributed by atoms with Crippen LogP contribution in [0.2, 0.25) is 0 Å². The van der Waals surface area contributed by atoms with E-state index < -0.39 is 10.0 Å². The molecule has 0 bridgehead atoms. The molecule has 0 aliphatic rings. The van der Waals surface area contributed by atoms with Crippen molar-refractivity contribution in [2.75, 3.05) is 40.0 Å². The third kappa shape index (κ3) is 7.96. The van der Waals surface area contributed by atoms with Crippen molar-refractivity contribution >= 4 is 15.9 Å². The SMILES string of the molecule is COCCOCC(=O)NCCNS(=O)(=O)c1ccc(C(C)(C)C)cc1. The fourth-order valence-corrected chi connectivity index (χ4v) is 2.99. The van der Waals surface area contributed by atoms with Gasteiger partial charge < -0.3 is 14.8 Å². The van der Waals surface area contributed by atoms with E-state index >= 15 is 0 Å². The van der Waals surface area contributed by atoms with E-state index in [1.165, 1.54) is 0 Å². The summed E-state index contributed by atoms with van der Waals surface area (Å²) in [7, 11) is -2.05. The molecule has 8 heteroatoms. The first kappa shape index (κ1) is 21.6. The van der Waals surface area contributed by atoms with Crippen molar-refractivity contribution in [2.45, 2.75) is 31.1 Å². The summed E-state index contributed by atoms with van der Waals surface area (Å²) in [5.41, 5.74) is 1.03. The molecule has 0 unspecified atom stereocenters. The molecule has 0 spiro atoms. The number of amides is 1. The molecule has 142 valence electrons. The maximum Gasteiger partial charge on any atom is 0.246 e. The Morgan fingerprint density at radius 3 is 2.28 bits per heavy atom. The van der Waals surface area contributed by atoms with E-state index in [2.05, 4.69) is 30.8 Å². The summed E-state index contributed by atoms with van der Waals surface area (Å²) < 4.78 is 36.8. The molecule has 0 atom stereocenters. The average Bonchev–Trinajstić information content (AvgIpc) is 2.55. The van der Waals surface area contributed by atoms with Crippen LogP contribution in [0.5, 0.6) is 0 Å². The van der Waals surface area contributed by atoms with Gasteiger partial charge in [-0.05, 0) is 23.1 Å². The number of methoxy groups -OCH3 is 1. The number of benzene rings is 1. The van der Waals surface area contributed by atoms with E-state index in [4.69, 9.17) is 9.47 Å². The molecule has 1 aromatic rings. The molecule has 1 rings (SSSR count). The molecule has 0 aromatic heterocycles. The number of sulfonamides is 1. The van der Waals surface area contributed by atoms with Crippen LogP contribution in [-0.2, 0) is 29.7 Å². The third-order valence-electron chi connectivity index (χ3n) is 3.43. The van der Waals surface area contributed by atoms with Crippen LogP contribution in [0.1, 0.15) is 26.3 Å². The minimum absolute atomic E-state index is 0.0364. The lowest BCUT2D eigenvalue weighted by Gasteiger charge is -2.19. The zero-order chi connectivity index (χ0) is 18.9. The van der Waals surface area contributed by atoms with E-state index in [1.807, 2.05) is 12.1 Å². The lowest BCUT2D eigenvalue weighted by atomic mass is 9.87. The Balaban J connectivity index is 2.40. The molecule has 1 aromatic carbocycles. The van der Waals surface area contributed by atoms with Crippen LogP contribution in [0, 0.1) is 0 Å². The number of hydrogen-bond acceptors (Lipinski definition) is 5. The van der Waals surface area contributed by atoms with Crippen molar-refractivity contribution in [1.29, 1.82) is 0 Å². The highest BCUT2D eigenvalue weighted by Crippen LogP contribution is 2.23. The highest BCUT2D eigenvalue weighted by molar-refractivity contribution is 7.89. The fraction of sp³-hybridized carbons (Fsp3) is 0.588. The topological polar surface area (TPSA) is 93.7 Å². The smallest absolute Gasteiger partial charge is 0.246 e. The molecule has 0 saturated heterocycles. The molecular formula is C17H28N2O5S. The van der Waals surface area contributed by atoms with Gasteiger partial charge in [-0.2, -0.15) is 0 Å². The Labute approximate surface area is 150 Å². The second kappa shape index (κ2) is 9.86. The standard InChI is InChI=1S/C17H28N2O5S/c1-17(2,3)14-5-7-15(8-6-14)25(21,22)19-10-9-18-16(20)13-24-12-11-23-4/h5-8,19H,9-13H2,1-4H3,(H,18,20). The Morgan fingerprint density at radius 1 is 1.08 bits per heavy atom. The Hall–Kier alpha value is -1.48. The van der Waals surface area contributed by atoms with Gasteiger partial charge in [-0.1, -0.05) is 32.9 Å². The lowest BCUT2D eigenvalue weighted by molar-refractivity contribution is -0.126. The maximum absolute atomic E-state index is 12.2. The molecule has 25 heavy (non-hydrogen) atoms. The summed E-state index contributed by atoms with van der Waals surface area (Å²) in [6.45, 7) is 7.16. The first-order valence-corrected chi connectivity index (χ1v) is 9.59. The molecule has 7 nitrogen and oxygen atoms in total. The zero-order valence-electron chi connectivity index (χ0n) is 15.3. The van der Waals surface area contributed by atoms with Crippen LogP contribution < -0.4 is 10.0 Å². The van der Waals surface area contributed by atoms with Crippen LogP contribution in [0.25, 0.3) is 0 Å². The van der Waals surface area contributed by atoms with Gasteiger partial charge >= 0.3 is 0 Å². The minimum Gasteiger partial charge on any atom is -0.382 e. The van der Waals surface area contributed by atoms with Gasteiger partial charge in [0.1, 0.15) is 6.61 Å². The molecular weight excluding hydrogens is 344 g/mol. The summed E-state index contributed by atoms with van der Waals surface area (Å²) in [4.78, 5) is 11.7. The highest BCUT2D eigenvalue weighted by Gasteiger charge is 2.17. The molecule has 1 amide bonds. The number of nitrogens with one attached hydrogen (secondary N) is 2. The van der Waals surface area contributed by atoms with Crippen molar-refractivity contribution in [3.05, 3.63) is 29.8 Å². The van der Waals surface area contributed by atoms with Crippen molar-refractivity contribution in [3.63, 3.8) is 0 Å². The Bertz CT molecular complexity index is 636. The molecule has 0 saturated carbocycles. The quantitative estimate of drug-likeness (QED) is 0.599. The monoisotopic (exact) mass is 372 g/mol. The van der Waals surface area contributed by atoms with Crippen molar-refractivity contribution < 1.29 is 22.7 Å². The van der Waals surface area contributed by atoms with Crippen LogP contribution in [0.15, 0.2) is 29.2 Å². The second-order valence-corrected chi connectivity index (χ2v) is 8.33. The number of hydrogen-bond donors (Lipinski definition) is 2. The number of ether oxygens (including phenoxy) is 2. The van der Waals surface area contributed by atoms with Crippen LogP contribution >= 0.6 is 0 Å². The summed E-state index contributed by atoms with van der Waals surface area (Å²) in [5, 5.41) is 2.58. The molecule has 0 radical (unpaired) electrons. The third-order valence-corrected chi connectivity index (χ3v) is 4.91. The zero-order valence-corrected chi connectivity index (χ0v) is 16.1. The molecule has 0 aliphatic heterocycles. The van der Waals surface area contributed by atoms with Gasteiger partial charge in [0.15, 0.2) is 0 Å². The van der Waals surface area contributed by atoms with Crippen LogP contribution in [0.3, 0.4) is 0 Å². The first-order valence-electron chi connectivity index (χ1n) is 8.10. The minimum atomic E-state index is -3.59. The number of rotatable bonds is 10. The molecule has 2 N–H and O–H groups in total. The summed E-state index contributed by atoms with van der Waals surface area (Å²) in [6.07, 6.45) is 0. The predicted molar refractivity (Wildman–Crippen MR) is 96.0 cm³/mol. The van der Waals surface area contributed by atoms with Crippen LogP contribution in [0.4, 0.5) is 0 Å². The van der Waals surface area contributed by atoms with E-state index in [0.29, 0.717) is 13.2 Å². The van der Waals surface area contributed by atoms with Crippen LogP contribution in [-0.4, -0.2) is 54.3 Å². The van der Waals surface area contributed by atoms with Gasteiger partial charge in [-0.25, -0.2) is 13.1 Å². The predicted octanol–water partition coefficient (Wildman–Crippen LogP) is 1.04. The van der Waals surface area contributed by atoms with E-state index in [0.717, 1.165) is 5.56 Å². The summed E-state index contributed by atoms with van der Waals surface area (Å²) in [6, 6.07) is 6.80. The summed E-state index contributed by atoms with van der Waals surface area (Å²) in [5.74, 6) is -0.301. The molecule has 0 heterocycles. The van der Waals surface area contributed by atoms with Gasteiger partial charge in [-0.3, -0.25) is 4.79 Å². The number of carbonyl (C=O) groups excluding carboxylic acids is 1. The van der Waals surface area contributed by atoms with Gasteiger partial charge in [0.25, 0.3) is 0 Å². The average molecular weight is 372 g/mol. The van der Waals surface area contributed by atoms with E-state index in [1.54, 1.807) is 19.2 Å². The Kier molecular flexibility index (Phi) is 8.51.